The predicted molar refractivity (Wildman–Crippen MR) is 122 cm³/mol. The van der Waals surface area contributed by atoms with E-state index >= 15 is 0 Å². The first-order valence-corrected chi connectivity index (χ1v) is 11.2. The van der Waals surface area contributed by atoms with Crippen LogP contribution in [0.3, 0.4) is 0 Å². The predicted octanol–water partition coefficient (Wildman–Crippen LogP) is 4.96. The van der Waals surface area contributed by atoms with Crippen LogP contribution < -0.4 is 10.2 Å². The number of aromatic nitrogens is 1. The fourth-order valence-corrected chi connectivity index (χ4v) is 4.50. The summed E-state index contributed by atoms with van der Waals surface area (Å²) in [7, 11) is 1.33. The number of carbonyl (C=O) groups is 2. The number of benzene rings is 2. The van der Waals surface area contributed by atoms with Gasteiger partial charge in [-0.15, -0.1) is 11.8 Å². The third-order valence-corrected chi connectivity index (χ3v) is 6.35. The molecule has 1 aliphatic rings. The van der Waals surface area contributed by atoms with Crippen molar-refractivity contribution < 1.29 is 23.1 Å². The van der Waals surface area contributed by atoms with E-state index in [1.165, 1.54) is 24.9 Å². The summed E-state index contributed by atoms with van der Waals surface area (Å²) in [6, 6.07) is 12.2. The van der Waals surface area contributed by atoms with Gasteiger partial charge >= 0.3 is 5.97 Å². The minimum atomic E-state index is -0.958. The van der Waals surface area contributed by atoms with Crippen molar-refractivity contribution in [3.8, 4) is 0 Å². The van der Waals surface area contributed by atoms with Crippen LogP contribution in [0.4, 0.5) is 20.3 Å². The Hall–Kier alpha value is -3.46. The van der Waals surface area contributed by atoms with Crippen molar-refractivity contribution in [2.75, 3.05) is 23.1 Å². The first-order valence-electron chi connectivity index (χ1n) is 10.2. The molecule has 1 amide bonds. The number of methoxy groups -OCH3 is 1. The molecule has 0 unspecified atom stereocenters. The molecule has 4 rings (SSSR count). The lowest BCUT2D eigenvalue weighted by Gasteiger charge is -2.31. The molecule has 0 spiro atoms. The van der Waals surface area contributed by atoms with Crippen LogP contribution >= 0.6 is 11.8 Å². The van der Waals surface area contributed by atoms with Gasteiger partial charge in [0.2, 0.25) is 5.91 Å². The van der Waals surface area contributed by atoms with E-state index in [0.717, 1.165) is 22.6 Å². The average molecular weight is 470 g/mol. The number of nitrogens with one attached hydrogen (secondary N) is 1. The maximum absolute atomic E-state index is 13.7. The summed E-state index contributed by atoms with van der Waals surface area (Å²) < 4.78 is 31.8. The maximum Gasteiger partial charge on any atom is 0.337 e. The van der Waals surface area contributed by atoms with E-state index in [1.54, 1.807) is 23.2 Å². The van der Waals surface area contributed by atoms with Crippen LogP contribution in [-0.4, -0.2) is 29.7 Å². The van der Waals surface area contributed by atoms with Gasteiger partial charge < -0.3 is 15.0 Å². The minimum absolute atomic E-state index is 0.0895. The fourth-order valence-electron chi connectivity index (χ4n) is 3.56. The third kappa shape index (κ3) is 4.83. The number of halogens is 2. The summed E-state index contributed by atoms with van der Waals surface area (Å²) in [5, 5.41) is 3.34. The van der Waals surface area contributed by atoms with E-state index in [4.69, 9.17) is 4.74 Å². The number of pyridine rings is 1. The van der Waals surface area contributed by atoms with Gasteiger partial charge in [-0.3, -0.25) is 4.79 Å². The van der Waals surface area contributed by atoms with Gasteiger partial charge in [-0.05, 0) is 48.4 Å². The zero-order valence-electron chi connectivity index (χ0n) is 18.0. The van der Waals surface area contributed by atoms with E-state index in [0.29, 0.717) is 22.6 Å². The standard InChI is InChI=1S/C24H21F2N3O3S/c1-14(16-4-6-17(7-5-16)24(31)32-2)28-23-22-20(9-10-27-23)33-13-21(30)29(22)12-15-3-8-18(25)19(26)11-15/h3-11,14H,12-13H2,1-2H3,(H,27,28)/t14-/m0/s1. The molecule has 0 saturated carbocycles. The summed E-state index contributed by atoms with van der Waals surface area (Å²) in [5.41, 5.74) is 2.43. The SMILES string of the molecule is COC(=O)c1ccc([C@H](C)Nc2nccc3c2N(Cc2ccc(F)c(F)c2)C(=O)CS3)cc1. The van der Waals surface area contributed by atoms with Crippen molar-refractivity contribution in [3.63, 3.8) is 0 Å². The van der Waals surface area contributed by atoms with E-state index in [9.17, 15) is 18.4 Å². The Bertz CT molecular complexity index is 1200. The molecule has 3 aromatic rings. The molecule has 9 heteroatoms. The zero-order valence-corrected chi connectivity index (χ0v) is 18.8. The second-order valence-corrected chi connectivity index (χ2v) is 8.52. The van der Waals surface area contributed by atoms with Crippen LogP contribution in [0.25, 0.3) is 0 Å². The number of fused-ring (bicyclic) bond motifs is 1. The molecule has 1 aromatic heterocycles. The van der Waals surface area contributed by atoms with Crippen LogP contribution in [0.15, 0.2) is 59.6 Å². The van der Waals surface area contributed by atoms with Crippen LogP contribution in [0, 0.1) is 11.6 Å². The van der Waals surface area contributed by atoms with Gasteiger partial charge in [0.15, 0.2) is 17.5 Å². The van der Waals surface area contributed by atoms with E-state index < -0.39 is 17.6 Å². The minimum Gasteiger partial charge on any atom is -0.465 e. The lowest BCUT2D eigenvalue weighted by molar-refractivity contribution is -0.116. The summed E-state index contributed by atoms with van der Waals surface area (Å²) in [5.74, 6) is -1.71. The Kier molecular flexibility index (Phi) is 6.60. The summed E-state index contributed by atoms with van der Waals surface area (Å²) >= 11 is 1.40. The highest BCUT2D eigenvalue weighted by Gasteiger charge is 2.29. The summed E-state index contributed by atoms with van der Waals surface area (Å²) in [6.45, 7) is 2.03. The molecule has 0 fully saturated rings. The molecule has 170 valence electrons. The number of carbonyl (C=O) groups excluding carboxylic acids is 2. The third-order valence-electron chi connectivity index (χ3n) is 5.32. The number of anilines is 2. The van der Waals surface area contributed by atoms with Gasteiger partial charge in [0.1, 0.15) is 5.69 Å². The van der Waals surface area contributed by atoms with Crippen LogP contribution in [0.5, 0.6) is 0 Å². The molecule has 1 aliphatic heterocycles. The highest BCUT2D eigenvalue weighted by Crippen LogP contribution is 2.41. The van der Waals surface area contributed by atoms with Crippen LogP contribution in [0.2, 0.25) is 0 Å². The van der Waals surface area contributed by atoms with Gasteiger partial charge in [-0.25, -0.2) is 18.6 Å². The Balaban J connectivity index is 1.62. The molecule has 6 nitrogen and oxygen atoms in total. The molecular formula is C24H21F2N3O3S. The normalized spacial score (nSPS) is 13.9. The Morgan fingerprint density at radius 3 is 2.64 bits per heavy atom. The molecule has 33 heavy (non-hydrogen) atoms. The molecule has 2 aromatic carbocycles. The first kappa shape index (κ1) is 22.7. The molecule has 0 bridgehead atoms. The van der Waals surface area contributed by atoms with Crippen molar-refractivity contribution in [2.45, 2.75) is 24.4 Å². The largest absolute Gasteiger partial charge is 0.465 e. The topological polar surface area (TPSA) is 71.5 Å². The lowest BCUT2D eigenvalue weighted by atomic mass is 10.1. The van der Waals surface area contributed by atoms with Gasteiger partial charge in [-0.1, -0.05) is 18.2 Å². The number of ether oxygens (including phenoxy) is 1. The molecule has 0 aliphatic carbocycles. The van der Waals surface area contributed by atoms with Crippen molar-refractivity contribution in [2.24, 2.45) is 0 Å². The summed E-state index contributed by atoms with van der Waals surface area (Å²) in [4.78, 5) is 31.3. The van der Waals surface area contributed by atoms with Gasteiger partial charge in [-0.2, -0.15) is 0 Å². The van der Waals surface area contributed by atoms with Crippen molar-refractivity contribution in [1.82, 2.24) is 4.98 Å². The van der Waals surface area contributed by atoms with E-state index in [2.05, 4.69) is 10.3 Å². The van der Waals surface area contributed by atoms with Crippen LogP contribution in [-0.2, 0) is 16.1 Å². The number of esters is 1. The highest BCUT2D eigenvalue weighted by molar-refractivity contribution is 8.00. The molecular weight excluding hydrogens is 448 g/mol. The van der Waals surface area contributed by atoms with Gasteiger partial charge in [0.05, 0.1) is 31.0 Å². The van der Waals surface area contributed by atoms with Crippen molar-refractivity contribution in [1.29, 1.82) is 0 Å². The lowest BCUT2D eigenvalue weighted by Crippen LogP contribution is -2.35. The fraction of sp³-hybridized carbons (Fsp3) is 0.208. The maximum atomic E-state index is 13.7. The quantitative estimate of drug-likeness (QED) is 0.515. The number of rotatable bonds is 6. The Labute approximate surface area is 194 Å². The number of hydrogen-bond acceptors (Lipinski definition) is 6. The Morgan fingerprint density at radius 1 is 1.18 bits per heavy atom. The van der Waals surface area contributed by atoms with Gasteiger partial charge in [0, 0.05) is 11.1 Å². The van der Waals surface area contributed by atoms with Crippen LogP contribution in [0.1, 0.15) is 34.5 Å². The second-order valence-electron chi connectivity index (χ2n) is 7.50. The number of amides is 1. The van der Waals surface area contributed by atoms with Crippen molar-refractivity contribution >= 4 is 35.1 Å². The zero-order chi connectivity index (χ0) is 23.5. The first-order chi connectivity index (χ1) is 15.9. The van der Waals surface area contributed by atoms with Gasteiger partial charge in [0.25, 0.3) is 0 Å². The molecule has 0 saturated heterocycles. The average Bonchev–Trinajstić information content (AvgIpc) is 2.82. The molecule has 0 radical (unpaired) electrons. The summed E-state index contributed by atoms with van der Waals surface area (Å²) in [6.07, 6.45) is 1.66. The smallest absolute Gasteiger partial charge is 0.337 e. The number of nitrogens with zero attached hydrogens (tertiary/aromatic N) is 2. The van der Waals surface area contributed by atoms with E-state index in [-0.39, 0.29) is 24.2 Å². The monoisotopic (exact) mass is 469 g/mol. The highest BCUT2D eigenvalue weighted by atomic mass is 32.2. The molecule has 1 N–H and O–H groups in total. The Morgan fingerprint density at radius 2 is 1.94 bits per heavy atom. The number of hydrogen-bond donors (Lipinski definition) is 1. The second kappa shape index (κ2) is 9.58. The molecule has 2 heterocycles. The van der Waals surface area contributed by atoms with E-state index in [1.807, 2.05) is 25.1 Å². The number of thioether (sulfide) groups is 1. The van der Waals surface area contributed by atoms with Crippen molar-refractivity contribution in [3.05, 3.63) is 83.1 Å². The molecule has 1 atom stereocenters.